The van der Waals surface area contributed by atoms with Crippen molar-refractivity contribution in [3.8, 4) is 28.6 Å². The largest absolute Gasteiger partial charge is 0.508 e. The molecule has 2 fully saturated rings. The molecule has 3 aromatic rings. The van der Waals surface area contributed by atoms with Crippen molar-refractivity contribution in [2.75, 3.05) is 20.3 Å². The van der Waals surface area contributed by atoms with Gasteiger partial charge in [-0.25, -0.2) is 0 Å². The third-order valence-corrected chi connectivity index (χ3v) is 7.10. The Labute approximate surface area is 220 Å². The van der Waals surface area contributed by atoms with Crippen LogP contribution in [0.15, 0.2) is 39.5 Å². The Bertz CT molecular complexity index is 1420. The van der Waals surface area contributed by atoms with Crippen LogP contribution in [0.5, 0.6) is 17.2 Å². The number of hydrogen-bond donors (Lipinski definition) is 8. The van der Waals surface area contributed by atoms with Crippen molar-refractivity contribution in [3.63, 3.8) is 0 Å². The van der Waals surface area contributed by atoms with Gasteiger partial charge in [-0.1, -0.05) is 0 Å². The third kappa shape index (κ3) is 4.52. The van der Waals surface area contributed by atoms with Crippen LogP contribution < -0.4 is 10.2 Å². The highest BCUT2D eigenvalue weighted by atomic mass is 16.5. The van der Waals surface area contributed by atoms with E-state index in [0.29, 0.717) is 5.56 Å². The summed E-state index contributed by atoms with van der Waals surface area (Å²) in [6.07, 6.45) is -12.7. The number of rotatable bonds is 4. The number of aromatic hydroxyl groups is 2. The van der Waals surface area contributed by atoms with Gasteiger partial charge < -0.3 is 59.5 Å². The van der Waals surface area contributed by atoms with Gasteiger partial charge in [0.25, 0.3) is 0 Å². The van der Waals surface area contributed by atoms with E-state index in [1.54, 1.807) is 0 Å². The van der Waals surface area contributed by atoms with E-state index in [-0.39, 0.29) is 34.0 Å². The Morgan fingerprint density at radius 3 is 1.87 bits per heavy atom. The molecule has 1 aromatic heterocycles. The monoisotopic (exact) mass is 548 g/mol. The van der Waals surface area contributed by atoms with Crippen molar-refractivity contribution in [1.82, 2.24) is 0 Å². The Morgan fingerprint density at radius 1 is 0.795 bits per heavy atom. The molecule has 0 aliphatic carbocycles. The highest BCUT2D eigenvalue weighted by Gasteiger charge is 2.46. The van der Waals surface area contributed by atoms with Crippen LogP contribution in [0.3, 0.4) is 0 Å². The molecule has 0 amide bonds. The van der Waals surface area contributed by atoms with E-state index >= 15 is 0 Å². The third-order valence-electron chi connectivity index (χ3n) is 7.10. The molecule has 8 atom stereocenters. The van der Waals surface area contributed by atoms with Crippen LogP contribution in [-0.2, 0) is 9.47 Å². The zero-order valence-corrected chi connectivity index (χ0v) is 20.5. The zero-order valence-electron chi connectivity index (χ0n) is 20.5. The normalized spacial score (nSPS) is 31.4. The quantitative estimate of drug-likeness (QED) is 0.200. The van der Waals surface area contributed by atoms with Gasteiger partial charge in [0.2, 0.25) is 0 Å². The number of hydrogen-bond acceptors (Lipinski definition) is 13. The fourth-order valence-electron chi connectivity index (χ4n) is 5.03. The summed E-state index contributed by atoms with van der Waals surface area (Å²) in [4.78, 5) is 13.4. The molecule has 0 spiro atoms. The van der Waals surface area contributed by atoms with Crippen LogP contribution >= 0.6 is 0 Å². The fraction of sp³-hybridized carbons (Fsp3) is 0.423. The summed E-state index contributed by atoms with van der Waals surface area (Å²) in [5, 5.41) is 82.7. The Balaban J connectivity index is 1.83. The number of aliphatic hydroxyl groups excluding tert-OH is 6. The van der Waals surface area contributed by atoms with Crippen LogP contribution in [0.4, 0.5) is 0 Å². The lowest BCUT2D eigenvalue weighted by molar-refractivity contribution is -0.191. The van der Waals surface area contributed by atoms with Crippen LogP contribution in [0.1, 0.15) is 23.3 Å². The van der Waals surface area contributed by atoms with Crippen LogP contribution in [0, 0.1) is 0 Å². The van der Waals surface area contributed by atoms with E-state index in [0.717, 1.165) is 6.07 Å². The molecule has 2 aromatic carbocycles. The highest BCUT2D eigenvalue weighted by molar-refractivity contribution is 5.92. The Hall–Kier alpha value is -3.27. The smallest absolute Gasteiger partial charge is 0.197 e. The van der Waals surface area contributed by atoms with Gasteiger partial charge in [-0.3, -0.25) is 4.79 Å². The van der Waals surface area contributed by atoms with Crippen molar-refractivity contribution in [3.05, 3.63) is 51.7 Å². The van der Waals surface area contributed by atoms with Crippen LogP contribution in [0.25, 0.3) is 22.3 Å². The van der Waals surface area contributed by atoms with Crippen molar-refractivity contribution < 1.29 is 59.5 Å². The molecule has 2 unspecified atom stereocenters. The summed E-state index contributed by atoms with van der Waals surface area (Å²) >= 11 is 0. The SMILES string of the molecule is COc1c([C@@H]2OC[C@H](O)[C@H](O)C2O)c(O)c2c(=O)cc(-c3ccc(O)cc3)oc2c1[C@@H]1OC[C@H](O)[C@H](O)C1O. The number of phenolic OH excluding ortho intramolecular Hbond substituents is 2. The van der Waals surface area contributed by atoms with E-state index in [4.69, 9.17) is 18.6 Å². The second kappa shape index (κ2) is 10.4. The van der Waals surface area contributed by atoms with Gasteiger partial charge in [0.05, 0.1) is 31.5 Å². The second-order valence-electron chi connectivity index (χ2n) is 9.54. The summed E-state index contributed by atoms with van der Waals surface area (Å²) in [5.74, 6) is -0.987. The predicted molar refractivity (Wildman–Crippen MR) is 131 cm³/mol. The molecule has 8 N–H and O–H groups in total. The lowest BCUT2D eigenvalue weighted by Crippen LogP contribution is -2.49. The topological polar surface area (TPSA) is 220 Å². The molecular weight excluding hydrogens is 520 g/mol. The second-order valence-corrected chi connectivity index (χ2v) is 9.54. The van der Waals surface area contributed by atoms with Gasteiger partial charge in [0.1, 0.15) is 77.2 Å². The van der Waals surface area contributed by atoms with Gasteiger partial charge in [-0.15, -0.1) is 0 Å². The first-order valence-electron chi connectivity index (χ1n) is 12.1. The number of ether oxygens (including phenoxy) is 3. The van der Waals surface area contributed by atoms with E-state index < -0.39 is 78.6 Å². The van der Waals surface area contributed by atoms with Crippen molar-refractivity contribution >= 4 is 11.0 Å². The number of phenols is 2. The first kappa shape index (κ1) is 27.3. The van der Waals surface area contributed by atoms with Gasteiger partial charge in [0.15, 0.2) is 11.0 Å². The summed E-state index contributed by atoms with van der Waals surface area (Å²) in [6, 6.07) is 6.79. The van der Waals surface area contributed by atoms with Crippen molar-refractivity contribution in [1.29, 1.82) is 0 Å². The number of benzene rings is 2. The maximum Gasteiger partial charge on any atom is 0.197 e. The molecule has 39 heavy (non-hydrogen) atoms. The standard InChI is InChI=1S/C26H28O13/c1-36-23-16(25-21(34)18(31)12(29)7-37-25)20(33)15-11(28)6-14(9-2-4-10(27)5-3-9)39-24(15)17(23)26-22(35)19(32)13(30)8-38-26/h2-6,12-13,18-19,21-22,25-27,29-35H,7-8H2,1H3/t12-,13-,18-,19-,21?,22?,25-,26-/m0/s1. The van der Waals surface area contributed by atoms with Gasteiger partial charge >= 0.3 is 0 Å². The minimum Gasteiger partial charge on any atom is -0.508 e. The van der Waals surface area contributed by atoms with E-state index in [1.165, 1.54) is 31.4 Å². The molecule has 2 aliphatic heterocycles. The first-order valence-corrected chi connectivity index (χ1v) is 12.1. The molecule has 3 heterocycles. The minimum absolute atomic E-state index is 0.0151. The maximum absolute atomic E-state index is 13.4. The van der Waals surface area contributed by atoms with Crippen LogP contribution in [0.2, 0.25) is 0 Å². The lowest BCUT2D eigenvalue weighted by Gasteiger charge is -2.38. The molecule has 210 valence electrons. The number of fused-ring (bicyclic) bond motifs is 1. The van der Waals surface area contributed by atoms with Crippen molar-refractivity contribution in [2.45, 2.75) is 48.8 Å². The summed E-state index contributed by atoms with van der Waals surface area (Å²) in [6.45, 7) is -0.847. The molecule has 0 bridgehead atoms. The average molecular weight is 548 g/mol. The molecule has 5 rings (SSSR count). The molecule has 0 saturated carbocycles. The molecule has 2 aliphatic rings. The summed E-state index contributed by atoms with van der Waals surface area (Å²) < 4.78 is 22.8. The maximum atomic E-state index is 13.4. The first-order chi connectivity index (χ1) is 18.5. The molecule has 0 radical (unpaired) electrons. The van der Waals surface area contributed by atoms with E-state index in [1.807, 2.05) is 0 Å². The molecule has 13 nitrogen and oxygen atoms in total. The predicted octanol–water partition coefficient (Wildman–Crippen LogP) is -0.812. The molecule has 13 heteroatoms. The summed E-state index contributed by atoms with van der Waals surface area (Å²) in [7, 11) is 1.19. The Kier molecular flexibility index (Phi) is 7.26. The Morgan fingerprint density at radius 2 is 1.33 bits per heavy atom. The minimum atomic E-state index is -1.77. The average Bonchev–Trinajstić information content (AvgIpc) is 2.91. The van der Waals surface area contributed by atoms with Gasteiger partial charge in [-0.05, 0) is 24.3 Å². The lowest BCUT2D eigenvalue weighted by atomic mass is 9.86. The molecule has 2 saturated heterocycles. The summed E-state index contributed by atoms with van der Waals surface area (Å²) in [5.41, 5.74) is -1.10. The van der Waals surface area contributed by atoms with E-state index in [9.17, 15) is 45.6 Å². The highest BCUT2D eigenvalue weighted by Crippen LogP contribution is 2.50. The van der Waals surface area contributed by atoms with Crippen LogP contribution in [-0.4, -0.2) is 97.8 Å². The number of methoxy groups -OCH3 is 1. The van der Waals surface area contributed by atoms with Gasteiger partial charge in [0, 0.05) is 11.6 Å². The molecular formula is C26H28O13. The number of aliphatic hydroxyl groups is 6. The van der Waals surface area contributed by atoms with E-state index in [2.05, 4.69) is 0 Å². The van der Waals surface area contributed by atoms with Gasteiger partial charge in [-0.2, -0.15) is 0 Å². The van der Waals surface area contributed by atoms with Crippen molar-refractivity contribution in [2.24, 2.45) is 0 Å². The zero-order chi connectivity index (χ0) is 28.2. The fourth-order valence-corrected chi connectivity index (χ4v) is 5.03.